The molecule has 2 rings (SSSR count). The summed E-state index contributed by atoms with van der Waals surface area (Å²) < 4.78 is 4.86. The Morgan fingerprint density at radius 3 is 2.37 bits per heavy atom. The summed E-state index contributed by atoms with van der Waals surface area (Å²) >= 11 is 0. The summed E-state index contributed by atoms with van der Waals surface area (Å²) in [7, 11) is 1.51. The molecule has 0 aliphatic rings. The number of esters is 1. The monoisotopic (exact) mass is 371 g/mol. The van der Waals surface area contributed by atoms with Crippen LogP contribution in [0.4, 0.5) is 11.4 Å². The molecule has 27 heavy (non-hydrogen) atoms. The number of carbonyl (C=O) groups excluding carboxylic acids is 3. The van der Waals surface area contributed by atoms with Gasteiger partial charge in [-0.2, -0.15) is 0 Å². The zero-order chi connectivity index (χ0) is 19.8. The molecule has 2 amide bonds. The number of carbonyl (C=O) groups is 3. The van der Waals surface area contributed by atoms with Crippen LogP contribution >= 0.6 is 0 Å². The van der Waals surface area contributed by atoms with Crippen LogP contribution in [0.1, 0.15) is 15.9 Å². The van der Waals surface area contributed by atoms with Gasteiger partial charge < -0.3 is 15.4 Å². The molecule has 2 aromatic rings. The van der Waals surface area contributed by atoms with Crippen molar-refractivity contribution < 1.29 is 24.0 Å². The van der Waals surface area contributed by atoms with E-state index in [4.69, 9.17) is 4.74 Å². The molecule has 140 valence electrons. The van der Waals surface area contributed by atoms with Crippen LogP contribution in [0.15, 0.2) is 48.5 Å². The quantitative estimate of drug-likeness (QED) is 0.433. The molecule has 0 unspecified atom stereocenters. The van der Waals surface area contributed by atoms with Crippen LogP contribution in [-0.4, -0.2) is 36.4 Å². The van der Waals surface area contributed by atoms with Crippen molar-refractivity contribution in [3.63, 3.8) is 0 Å². The molecule has 0 saturated carbocycles. The molecule has 0 spiro atoms. The average molecular weight is 371 g/mol. The minimum Gasteiger partial charge on any atom is -0.455 e. The lowest BCUT2D eigenvalue weighted by Gasteiger charge is -2.08. The van der Waals surface area contributed by atoms with Gasteiger partial charge in [0.15, 0.2) is 6.61 Å². The number of nitro benzene ring substituents is 1. The molecule has 9 heteroatoms. The van der Waals surface area contributed by atoms with Gasteiger partial charge in [-0.05, 0) is 24.3 Å². The van der Waals surface area contributed by atoms with Gasteiger partial charge in [-0.1, -0.05) is 18.2 Å². The van der Waals surface area contributed by atoms with E-state index in [-0.39, 0.29) is 23.6 Å². The number of rotatable bonds is 7. The topological polar surface area (TPSA) is 128 Å². The van der Waals surface area contributed by atoms with Crippen molar-refractivity contribution in [2.45, 2.75) is 6.42 Å². The zero-order valence-corrected chi connectivity index (χ0v) is 14.4. The van der Waals surface area contributed by atoms with E-state index in [1.165, 1.54) is 49.5 Å². The minimum absolute atomic E-state index is 0.185. The van der Waals surface area contributed by atoms with Crippen molar-refractivity contribution in [1.82, 2.24) is 5.32 Å². The van der Waals surface area contributed by atoms with Gasteiger partial charge >= 0.3 is 5.97 Å². The maximum absolute atomic E-state index is 11.8. The number of nitro groups is 1. The fourth-order valence-corrected chi connectivity index (χ4v) is 2.24. The van der Waals surface area contributed by atoms with Gasteiger partial charge in [0.25, 0.3) is 17.5 Å². The first-order valence-electron chi connectivity index (χ1n) is 7.90. The number of anilines is 1. The number of hydrogen-bond acceptors (Lipinski definition) is 6. The third-order valence-corrected chi connectivity index (χ3v) is 3.55. The lowest BCUT2D eigenvalue weighted by molar-refractivity contribution is -0.385. The maximum Gasteiger partial charge on any atom is 0.311 e. The molecular weight excluding hydrogens is 354 g/mol. The molecular formula is C18H17N3O6. The number of benzene rings is 2. The van der Waals surface area contributed by atoms with E-state index in [1.807, 2.05) is 0 Å². The Balaban J connectivity index is 1.86. The Kier molecular flexibility index (Phi) is 6.59. The van der Waals surface area contributed by atoms with Crippen LogP contribution in [0.2, 0.25) is 0 Å². The summed E-state index contributed by atoms with van der Waals surface area (Å²) in [6.07, 6.45) is -0.314. The van der Waals surface area contributed by atoms with Gasteiger partial charge in [-0.15, -0.1) is 0 Å². The number of ether oxygens (including phenoxy) is 1. The molecule has 0 heterocycles. The molecule has 2 aromatic carbocycles. The first kappa shape index (κ1) is 19.6. The van der Waals surface area contributed by atoms with Gasteiger partial charge in [0.1, 0.15) is 0 Å². The Bertz CT molecular complexity index is 864. The Morgan fingerprint density at radius 2 is 1.74 bits per heavy atom. The summed E-state index contributed by atoms with van der Waals surface area (Å²) in [6.45, 7) is -0.531. The number of hydrogen-bond donors (Lipinski definition) is 2. The highest BCUT2D eigenvalue weighted by Gasteiger charge is 2.17. The van der Waals surface area contributed by atoms with E-state index in [9.17, 15) is 24.5 Å². The fraction of sp³-hybridized carbons (Fsp3) is 0.167. The van der Waals surface area contributed by atoms with Gasteiger partial charge in [0.05, 0.1) is 11.3 Å². The number of amides is 2. The van der Waals surface area contributed by atoms with Gasteiger partial charge in [0.2, 0.25) is 0 Å². The SMILES string of the molecule is CNC(=O)c1ccc(NC(=O)COC(=O)Cc2ccccc2[N+](=O)[O-])cc1. The molecule has 9 nitrogen and oxygen atoms in total. The van der Waals surface area contributed by atoms with E-state index in [2.05, 4.69) is 10.6 Å². The van der Waals surface area contributed by atoms with E-state index in [0.717, 1.165) is 0 Å². The lowest BCUT2D eigenvalue weighted by Crippen LogP contribution is -2.22. The summed E-state index contributed by atoms with van der Waals surface area (Å²) in [5, 5.41) is 15.9. The standard InChI is InChI=1S/C18H17N3O6/c1-19-18(24)12-6-8-14(9-7-12)20-16(22)11-27-17(23)10-13-4-2-3-5-15(13)21(25)26/h2-9H,10-11H2,1H3,(H,19,24)(H,20,22). The van der Waals surface area contributed by atoms with Gasteiger partial charge in [-0.3, -0.25) is 24.5 Å². The summed E-state index contributed by atoms with van der Waals surface area (Å²) in [4.78, 5) is 45.5. The largest absolute Gasteiger partial charge is 0.455 e. The predicted molar refractivity (Wildman–Crippen MR) is 96.2 cm³/mol. The number of nitrogens with one attached hydrogen (secondary N) is 2. The zero-order valence-electron chi connectivity index (χ0n) is 14.4. The molecule has 0 fully saturated rings. The average Bonchev–Trinajstić information content (AvgIpc) is 2.66. The van der Waals surface area contributed by atoms with E-state index in [1.54, 1.807) is 6.07 Å². The first-order chi connectivity index (χ1) is 12.9. The number of nitrogens with zero attached hydrogens (tertiary/aromatic N) is 1. The molecule has 0 radical (unpaired) electrons. The molecule has 0 aliphatic carbocycles. The van der Waals surface area contributed by atoms with E-state index >= 15 is 0 Å². The van der Waals surface area contributed by atoms with E-state index in [0.29, 0.717) is 11.3 Å². The molecule has 2 N–H and O–H groups in total. The second kappa shape index (κ2) is 9.09. The van der Waals surface area contributed by atoms with Crippen LogP contribution in [0.3, 0.4) is 0 Å². The third-order valence-electron chi connectivity index (χ3n) is 3.55. The summed E-state index contributed by atoms with van der Waals surface area (Å²) in [6, 6.07) is 12.0. The smallest absolute Gasteiger partial charge is 0.311 e. The second-order valence-corrected chi connectivity index (χ2v) is 5.43. The van der Waals surface area contributed by atoms with Crippen LogP contribution in [0.25, 0.3) is 0 Å². The second-order valence-electron chi connectivity index (χ2n) is 5.43. The highest BCUT2D eigenvalue weighted by Crippen LogP contribution is 2.18. The highest BCUT2D eigenvalue weighted by atomic mass is 16.6. The van der Waals surface area contributed by atoms with Crippen LogP contribution in [-0.2, 0) is 20.7 Å². The lowest BCUT2D eigenvalue weighted by atomic mass is 10.1. The van der Waals surface area contributed by atoms with Crippen molar-refractivity contribution in [3.05, 3.63) is 69.8 Å². The van der Waals surface area contributed by atoms with Gasteiger partial charge in [0, 0.05) is 29.9 Å². The highest BCUT2D eigenvalue weighted by molar-refractivity contribution is 5.96. The van der Waals surface area contributed by atoms with Crippen molar-refractivity contribution in [3.8, 4) is 0 Å². The Morgan fingerprint density at radius 1 is 1.07 bits per heavy atom. The molecule has 0 aromatic heterocycles. The van der Waals surface area contributed by atoms with Crippen molar-refractivity contribution in [2.24, 2.45) is 0 Å². The molecule has 0 saturated heterocycles. The van der Waals surface area contributed by atoms with Crippen LogP contribution < -0.4 is 10.6 Å². The fourth-order valence-electron chi connectivity index (χ4n) is 2.24. The summed E-state index contributed by atoms with van der Waals surface area (Å²) in [5.74, 6) is -1.58. The Hall–Kier alpha value is -3.75. The normalized spacial score (nSPS) is 9.96. The predicted octanol–water partition coefficient (Wildman–Crippen LogP) is 1.68. The van der Waals surface area contributed by atoms with Crippen molar-refractivity contribution in [2.75, 3.05) is 19.0 Å². The molecule has 0 bridgehead atoms. The Labute approximate surface area is 154 Å². The van der Waals surface area contributed by atoms with Crippen LogP contribution in [0.5, 0.6) is 0 Å². The third kappa shape index (κ3) is 5.63. The summed E-state index contributed by atoms with van der Waals surface area (Å²) in [5.41, 5.74) is 0.890. The number of para-hydroxylation sites is 1. The maximum atomic E-state index is 11.8. The van der Waals surface area contributed by atoms with Crippen molar-refractivity contribution >= 4 is 29.2 Å². The minimum atomic E-state index is -0.755. The first-order valence-corrected chi connectivity index (χ1v) is 7.90. The van der Waals surface area contributed by atoms with Crippen LogP contribution in [0, 0.1) is 10.1 Å². The molecule has 0 aliphatic heterocycles. The van der Waals surface area contributed by atoms with E-state index < -0.39 is 23.4 Å². The van der Waals surface area contributed by atoms with Crippen molar-refractivity contribution in [1.29, 1.82) is 0 Å². The van der Waals surface area contributed by atoms with Gasteiger partial charge in [-0.25, -0.2) is 0 Å². The molecule has 0 atom stereocenters.